The van der Waals surface area contributed by atoms with Crippen molar-refractivity contribution in [2.45, 2.75) is 25.8 Å². The van der Waals surface area contributed by atoms with Gasteiger partial charge in [0.25, 0.3) is 5.69 Å². The van der Waals surface area contributed by atoms with E-state index in [0.29, 0.717) is 12.4 Å². The molecule has 1 fully saturated rings. The first kappa shape index (κ1) is 14.2. The molecule has 1 aromatic rings. The molecule has 1 aliphatic heterocycles. The van der Waals surface area contributed by atoms with Crippen LogP contribution >= 0.6 is 0 Å². The smallest absolute Gasteiger partial charge is 0.289 e. The van der Waals surface area contributed by atoms with Crippen molar-refractivity contribution in [3.05, 3.63) is 27.9 Å². The minimum atomic E-state index is -0.532. The molecular weight excluding hydrogens is 258 g/mol. The summed E-state index contributed by atoms with van der Waals surface area (Å²) >= 11 is 0. The summed E-state index contributed by atoms with van der Waals surface area (Å²) in [6, 6.07) is 3.58. The number of anilines is 1. The molecule has 1 atom stereocenters. The number of rotatable bonds is 4. The molecule has 1 aromatic heterocycles. The maximum Gasteiger partial charge on any atom is 0.289 e. The van der Waals surface area contributed by atoms with Gasteiger partial charge in [0.05, 0.1) is 4.92 Å². The summed E-state index contributed by atoms with van der Waals surface area (Å²) in [4.78, 5) is 16.4. The Labute approximate surface area is 117 Å². The Bertz CT molecular complexity index is 534. The Morgan fingerprint density at radius 1 is 1.70 bits per heavy atom. The van der Waals surface area contributed by atoms with E-state index in [2.05, 4.69) is 15.2 Å². The van der Waals surface area contributed by atoms with Crippen LogP contribution in [0.3, 0.4) is 0 Å². The maximum atomic E-state index is 10.8. The van der Waals surface area contributed by atoms with Gasteiger partial charge in [-0.15, -0.1) is 0 Å². The summed E-state index contributed by atoms with van der Waals surface area (Å²) in [6.45, 7) is 4.56. The summed E-state index contributed by atoms with van der Waals surface area (Å²) in [6.07, 6.45) is 3.33. The molecule has 20 heavy (non-hydrogen) atoms. The number of nitrogens with one attached hydrogen (secondary N) is 1. The zero-order valence-corrected chi connectivity index (χ0v) is 11.4. The van der Waals surface area contributed by atoms with E-state index in [1.807, 2.05) is 13.0 Å². The zero-order chi connectivity index (χ0) is 14.5. The van der Waals surface area contributed by atoms with Gasteiger partial charge in [-0.3, -0.25) is 10.1 Å². The number of aromatic nitrogens is 1. The highest BCUT2D eigenvalue weighted by Gasteiger charge is 2.24. The van der Waals surface area contributed by atoms with Gasteiger partial charge < -0.3 is 10.2 Å². The average molecular weight is 275 g/mol. The van der Waals surface area contributed by atoms with E-state index in [1.165, 1.54) is 12.3 Å². The van der Waals surface area contributed by atoms with Gasteiger partial charge in [-0.05, 0) is 26.3 Å². The highest BCUT2D eigenvalue weighted by atomic mass is 16.6. The molecule has 1 N–H and O–H groups in total. The molecule has 0 saturated carbocycles. The van der Waals surface area contributed by atoms with Crippen molar-refractivity contribution in [2.24, 2.45) is 0 Å². The standard InChI is InChI=1S/C13H17N5O2/c1-2-17(11-4-3-5-15-8-11)13-10(7-14)6-12(9-16-13)18(19)20/h6,9,11,15H,2-5,8H2,1H3. The lowest BCUT2D eigenvalue weighted by Gasteiger charge is -2.35. The summed E-state index contributed by atoms with van der Waals surface area (Å²) in [7, 11) is 0. The summed E-state index contributed by atoms with van der Waals surface area (Å²) < 4.78 is 0. The Balaban J connectivity index is 2.33. The van der Waals surface area contributed by atoms with Crippen molar-refractivity contribution in [3.63, 3.8) is 0 Å². The fraction of sp³-hybridized carbons (Fsp3) is 0.538. The second-order valence-electron chi connectivity index (χ2n) is 4.72. The van der Waals surface area contributed by atoms with Crippen LogP contribution in [0, 0.1) is 21.4 Å². The van der Waals surface area contributed by atoms with Crippen molar-refractivity contribution in [1.29, 1.82) is 5.26 Å². The number of nitro groups is 1. The molecule has 0 amide bonds. The van der Waals surface area contributed by atoms with Crippen LogP contribution in [0.2, 0.25) is 0 Å². The van der Waals surface area contributed by atoms with Gasteiger partial charge in [0.1, 0.15) is 23.6 Å². The van der Waals surface area contributed by atoms with Gasteiger partial charge >= 0.3 is 0 Å². The highest BCUT2D eigenvalue weighted by molar-refractivity contribution is 5.57. The van der Waals surface area contributed by atoms with E-state index in [9.17, 15) is 15.4 Å². The van der Waals surface area contributed by atoms with E-state index < -0.39 is 4.92 Å². The lowest BCUT2D eigenvalue weighted by atomic mass is 10.1. The van der Waals surface area contributed by atoms with Crippen LogP contribution in [0.5, 0.6) is 0 Å². The predicted molar refractivity (Wildman–Crippen MR) is 74.5 cm³/mol. The van der Waals surface area contributed by atoms with Crippen LogP contribution in [-0.4, -0.2) is 35.6 Å². The summed E-state index contributed by atoms with van der Waals surface area (Å²) in [5.41, 5.74) is 0.106. The van der Waals surface area contributed by atoms with Crippen LogP contribution in [0.1, 0.15) is 25.3 Å². The third-order valence-electron chi connectivity index (χ3n) is 3.51. The van der Waals surface area contributed by atoms with E-state index in [1.54, 1.807) is 0 Å². The van der Waals surface area contributed by atoms with Crippen LogP contribution < -0.4 is 10.2 Å². The third-order valence-corrected chi connectivity index (χ3v) is 3.51. The molecule has 106 valence electrons. The Morgan fingerprint density at radius 2 is 2.50 bits per heavy atom. The monoisotopic (exact) mass is 275 g/mol. The SMILES string of the molecule is CCN(c1ncc([N+](=O)[O-])cc1C#N)C1CCCNC1. The molecule has 0 aliphatic carbocycles. The van der Waals surface area contributed by atoms with Gasteiger partial charge in [-0.25, -0.2) is 4.98 Å². The molecular formula is C13H17N5O2. The van der Waals surface area contributed by atoms with E-state index in [-0.39, 0.29) is 17.3 Å². The van der Waals surface area contributed by atoms with Gasteiger partial charge in [-0.2, -0.15) is 5.26 Å². The molecule has 2 rings (SSSR count). The fourth-order valence-electron chi connectivity index (χ4n) is 2.54. The van der Waals surface area contributed by atoms with Crippen molar-refractivity contribution >= 4 is 11.5 Å². The topological polar surface area (TPSA) is 95.1 Å². The van der Waals surface area contributed by atoms with Gasteiger partial charge in [0.15, 0.2) is 0 Å². The second kappa shape index (κ2) is 6.30. The van der Waals surface area contributed by atoms with Crippen molar-refractivity contribution in [2.75, 3.05) is 24.5 Å². The average Bonchev–Trinajstić information content (AvgIpc) is 2.49. The number of piperidine rings is 1. The minimum Gasteiger partial charge on any atom is -0.352 e. The zero-order valence-electron chi connectivity index (χ0n) is 11.4. The first-order valence-electron chi connectivity index (χ1n) is 6.69. The van der Waals surface area contributed by atoms with E-state index in [0.717, 1.165) is 25.9 Å². The van der Waals surface area contributed by atoms with E-state index >= 15 is 0 Å². The van der Waals surface area contributed by atoms with Crippen LogP contribution in [0.4, 0.5) is 11.5 Å². The normalized spacial score (nSPS) is 18.3. The number of hydrogen-bond donors (Lipinski definition) is 1. The number of nitriles is 1. The molecule has 0 bridgehead atoms. The lowest BCUT2D eigenvalue weighted by Crippen LogP contribution is -2.46. The van der Waals surface area contributed by atoms with Crippen molar-refractivity contribution < 1.29 is 4.92 Å². The largest absolute Gasteiger partial charge is 0.352 e. The van der Waals surface area contributed by atoms with Gasteiger partial charge in [0.2, 0.25) is 0 Å². The quantitative estimate of drug-likeness (QED) is 0.660. The van der Waals surface area contributed by atoms with E-state index in [4.69, 9.17) is 0 Å². The van der Waals surface area contributed by atoms with Crippen molar-refractivity contribution in [3.8, 4) is 6.07 Å². The number of hydrogen-bond acceptors (Lipinski definition) is 6. The molecule has 0 spiro atoms. The maximum absolute atomic E-state index is 10.8. The first-order valence-corrected chi connectivity index (χ1v) is 6.69. The molecule has 0 aromatic carbocycles. The number of pyridine rings is 1. The van der Waals surface area contributed by atoms with Crippen LogP contribution in [0.15, 0.2) is 12.3 Å². The minimum absolute atomic E-state index is 0.150. The first-order chi connectivity index (χ1) is 9.67. The van der Waals surface area contributed by atoms with Gasteiger partial charge in [0, 0.05) is 25.2 Å². The molecule has 1 aliphatic rings. The van der Waals surface area contributed by atoms with Crippen molar-refractivity contribution in [1.82, 2.24) is 10.3 Å². The van der Waals surface area contributed by atoms with Gasteiger partial charge in [-0.1, -0.05) is 0 Å². The molecule has 7 heteroatoms. The van der Waals surface area contributed by atoms with Crippen LogP contribution in [0.25, 0.3) is 0 Å². The summed E-state index contributed by atoms with van der Waals surface area (Å²) in [5.74, 6) is 0.536. The molecule has 1 unspecified atom stereocenters. The number of likely N-dealkylation sites (N-methyl/N-ethyl adjacent to an activating group) is 1. The third kappa shape index (κ3) is 2.86. The van der Waals surface area contributed by atoms with Crippen LogP contribution in [-0.2, 0) is 0 Å². The second-order valence-corrected chi connectivity index (χ2v) is 4.72. The fourth-order valence-corrected chi connectivity index (χ4v) is 2.54. The Kier molecular flexibility index (Phi) is 4.48. The molecule has 1 saturated heterocycles. The predicted octanol–water partition coefficient (Wildman–Crippen LogP) is 1.44. The molecule has 7 nitrogen and oxygen atoms in total. The molecule has 2 heterocycles. The Hall–Kier alpha value is -2.20. The molecule has 0 radical (unpaired) electrons. The Morgan fingerprint density at radius 3 is 3.05 bits per heavy atom. The summed E-state index contributed by atoms with van der Waals surface area (Å²) in [5, 5.41) is 23.3. The lowest BCUT2D eigenvalue weighted by molar-refractivity contribution is -0.385. The highest BCUT2D eigenvalue weighted by Crippen LogP contribution is 2.25. The number of nitrogens with zero attached hydrogens (tertiary/aromatic N) is 4.